The minimum absolute atomic E-state index is 0.0490. The lowest BCUT2D eigenvalue weighted by Crippen LogP contribution is -2.37. The molecule has 0 bridgehead atoms. The molecule has 3 aromatic rings. The summed E-state index contributed by atoms with van der Waals surface area (Å²) in [6.07, 6.45) is -2.80. The standard InChI is InChI=1S/C17H17F3N6O2/c1-10(2)26(16(27)28)15-24-23-14-13(21-7-8-25(14)15)22-9-11-5-3-4-6-12(11)17(18,19)20/h3-8,10H,9H2,1-2H3,(H,21,22)(H,27,28). The van der Waals surface area contributed by atoms with Crippen LogP contribution in [0.15, 0.2) is 36.7 Å². The van der Waals surface area contributed by atoms with Crippen molar-refractivity contribution >= 4 is 23.5 Å². The lowest BCUT2D eigenvalue weighted by molar-refractivity contribution is -0.138. The Morgan fingerprint density at radius 3 is 2.64 bits per heavy atom. The zero-order valence-electron chi connectivity index (χ0n) is 15.0. The molecule has 148 valence electrons. The van der Waals surface area contributed by atoms with Gasteiger partial charge < -0.3 is 10.4 Å². The van der Waals surface area contributed by atoms with Crippen LogP contribution in [0.5, 0.6) is 0 Å². The molecule has 3 rings (SSSR count). The van der Waals surface area contributed by atoms with Crippen molar-refractivity contribution in [2.24, 2.45) is 0 Å². The van der Waals surface area contributed by atoms with E-state index in [9.17, 15) is 23.1 Å². The van der Waals surface area contributed by atoms with Crippen molar-refractivity contribution in [3.05, 3.63) is 47.8 Å². The monoisotopic (exact) mass is 394 g/mol. The van der Waals surface area contributed by atoms with Crippen LogP contribution in [-0.4, -0.2) is 36.8 Å². The Morgan fingerprint density at radius 1 is 1.29 bits per heavy atom. The van der Waals surface area contributed by atoms with Crippen molar-refractivity contribution in [2.75, 3.05) is 10.2 Å². The fourth-order valence-electron chi connectivity index (χ4n) is 2.77. The fourth-order valence-corrected chi connectivity index (χ4v) is 2.77. The molecule has 0 radical (unpaired) electrons. The van der Waals surface area contributed by atoms with Gasteiger partial charge in [-0.2, -0.15) is 13.2 Å². The predicted molar refractivity (Wildman–Crippen MR) is 95.2 cm³/mol. The highest BCUT2D eigenvalue weighted by molar-refractivity contribution is 5.85. The zero-order valence-corrected chi connectivity index (χ0v) is 15.0. The van der Waals surface area contributed by atoms with Crippen LogP contribution in [0.2, 0.25) is 0 Å². The van der Waals surface area contributed by atoms with E-state index in [4.69, 9.17) is 0 Å². The molecule has 0 aliphatic rings. The van der Waals surface area contributed by atoms with Crippen molar-refractivity contribution in [2.45, 2.75) is 32.6 Å². The van der Waals surface area contributed by atoms with Crippen LogP contribution in [0, 0.1) is 0 Å². The van der Waals surface area contributed by atoms with E-state index in [1.54, 1.807) is 13.8 Å². The number of fused-ring (bicyclic) bond motifs is 1. The van der Waals surface area contributed by atoms with Crippen LogP contribution in [0.25, 0.3) is 5.65 Å². The molecule has 0 saturated heterocycles. The number of carbonyl (C=O) groups is 1. The number of hydrogen-bond acceptors (Lipinski definition) is 5. The predicted octanol–water partition coefficient (Wildman–Crippen LogP) is 3.65. The van der Waals surface area contributed by atoms with Gasteiger partial charge in [-0.05, 0) is 25.5 Å². The van der Waals surface area contributed by atoms with Crippen molar-refractivity contribution in [1.29, 1.82) is 0 Å². The van der Waals surface area contributed by atoms with E-state index in [1.165, 1.54) is 35.0 Å². The van der Waals surface area contributed by atoms with Gasteiger partial charge in [0.2, 0.25) is 11.6 Å². The molecular formula is C17H17F3N6O2. The van der Waals surface area contributed by atoms with Gasteiger partial charge in [-0.15, -0.1) is 10.2 Å². The molecule has 8 nitrogen and oxygen atoms in total. The summed E-state index contributed by atoms with van der Waals surface area (Å²) < 4.78 is 40.8. The number of alkyl halides is 3. The van der Waals surface area contributed by atoms with Gasteiger partial charge in [-0.1, -0.05) is 18.2 Å². The van der Waals surface area contributed by atoms with E-state index in [1.807, 2.05) is 0 Å². The lowest BCUT2D eigenvalue weighted by Gasteiger charge is -2.20. The third-order valence-electron chi connectivity index (χ3n) is 4.02. The van der Waals surface area contributed by atoms with E-state index in [0.717, 1.165) is 11.0 Å². The maximum atomic E-state index is 13.1. The molecule has 11 heteroatoms. The second-order valence-electron chi connectivity index (χ2n) is 6.22. The smallest absolute Gasteiger partial charge is 0.416 e. The number of benzene rings is 1. The molecule has 2 N–H and O–H groups in total. The minimum Gasteiger partial charge on any atom is -0.465 e. The van der Waals surface area contributed by atoms with Crippen molar-refractivity contribution < 1.29 is 23.1 Å². The Morgan fingerprint density at radius 2 is 2.00 bits per heavy atom. The van der Waals surface area contributed by atoms with E-state index in [0.29, 0.717) is 0 Å². The molecule has 0 spiro atoms. The van der Waals surface area contributed by atoms with Gasteiger partial charge in [0.05, 0.1) is 5.56 Å². The van der Waals surface area contributed by atoms with E-state index in [2.05, 4.69) is 20.5 Å². The summed E-state index contributed by atoms with van der Waals surface area (Å²) in [5, 5.41) is 20.1. The molecule has 0 aliphatic carbocycles. The summed E-state index contributed by atoms with van der Waals surface area (Å²) in [4.78, 5) is 16.6. The highest BCUT2D eigenvalue weighted by atomic mass is 19.4. The summed E-state index contributed by atoms with van der Waals surface area (Å²) in [6.45, 7) is 3.23. The number of nitrogens with one attached hydrogen (secondary N) is 1. The first-order valence-corrected chi connectivity index (χ1v) is 8.31. The molecule has 0 fully saturated rings. The Labute approximate surface area is 157 Å². The summed E-state index contributed by atoms with van der Waals surface area (Å²) in [6, 6.07) is 4.82. The van der Waals surface area contributed by atoms with Gasteiger partial charge in [0.1, 0.15) is 0 Å². The van der Waals surface area contributed by atoms with Crippen LogP contribution >= 0.6 is 0 Å². The molecule has 2 heterocycles. The summed E-state index contributed by atoms with van der Waals surface area (Å²) in [5.74, 6) is 0.256. The van der Waals surface area contributed by atoms with Crippen LogP contribution in [0.4, 0.5) is 29.7 Å². The first-order valence-electron chi connectivity index (χ1n) is 8.31. The highest BCUT2D eigenvalue weighted by Crippen LogP contribution is 2.32. The first-order chi connectivity index (χ1) is 13.2. The summed E-state index contributed by atoms with van der Waals surface area (Å²) in [5.41, 5.74) is -0.491. The molecule has 1 amide bonds. The Kier molecular flexibility index (Phi) is 5.08. The maximum Gasteiger partial charge on any atom is 0.416 e. The average molecular weight is 394 g/mol. The minimum atomic E-state index is -4.47. The topological polar surface area (TPSA) is 95.7 Å². The van der Waals surface area contributed by atoms with Crippen molar-refractivity contribution in [3.8, 4) is 0 Å². The molecule has 0 aliphatic heterocycles. The number of rotatable bonds is 5. The van der Waals surface area contributed by atoms with E-state index in [-0.39, 0.29) is 29.5 Å². The third-order valence-corrected chi connectivity index (χ3v) is 4.02. The Balaban J connectivity index is 1.93. The number of nitrogens with zero attached hydrogens (tertiary/aromatic N) is 5. The number of aromatic nitrogens is 4. The third kappa shape index (κ3) is 3.68. The van der Waals surface area contributed by atoms with Gasteiger partial charge in [0, 0.05) is 25.0 Å². The first kappa shape index (κ1) is 19.4. The van der Waals surface area contributed by atoms with Gasteiger partial charge in [0.15, 0.2) is 5.82 Å². The zero-order chi connectivity index (χ0) is 20.5. The summed E-state index contributed by atoms with van der Waals surface area (Å²) in [7, 11) is 0. The molecule has 1 aromatic carbocycles. The van der Waals surface area contributed by atoms with E-state index < -0.39 is 23.9 Å². The van der Waals surface area contributed by atoms with Crippen LogP contribution < -0.4 is 10.2 Å². The van der Waals surface area contributed by atoms with Gasteiger partial charge in [-0.3, -0.25) is 4.40 Å². The molecule has 0 atom stereocenters. The number of carboxylic acid groups (broad SMARTS) is 1. The Bertz CT molecular complexity index is 1000. The van der Waals surface area contributed by atoms with Crippen molar-refractivity contribution in [3.63, 3.8) is 0 Å². The molecule has 2 aromatic heterocycles. The summed E-state index contributed by atoms with van der Waals surface area (Å²) >= 11 is 0. The maximum absolute atomic E-state index is 13.1. The van der Waals surface area contributed by atoms with E-state index >= 15 is 0 Å². The van der Waals surface area contributed by atoms with Crippen LogP contribution in [-0.2, 0) is 12.7 Å². The van der Waals surface area contributed by atoms with Crippen LogP contribution in [0.1, 0.15) is 25.0 Å². The molecule has 0 unspecified atom stereocenters. The molecule has 28 heavy (non-hydrogen) atoms. The highest BCUT2D eigenvalue weighted by Gasteiger charge is 2.32. The van der Waals surface area contributed by atoms with Gasteiger partial charge >= 0.3 is 12.3 Å². The second kappa shape index (κ2) is 7.33. The SMILES string of the molecule is CC(C)N(C(=O)O)c1nnc2c(NCc3ccccc3C(F)(F)F)nccn12. The lowest BCUT2D eigenvalue weighted by atomic mass is 10.1. The van der Waals surface area contributed by atoms with Crippen molar-refractivity contribution in [1.82, 2.24) is 19.6 Å². The van der Waals surface area contributed by atoms with Crippen LogP contribution in [0.3, 0.4) is 0 Å². The fraction of sp³-hybridized carbons (Fsp3) is 0.294. The largest absolute Gasteiger partial charge is 0.465 e. The molecular weight excluding hydrogens is 377 g/mol. The number of amides is 1. The average Bonchev–Trinajstić information content (AvgIpc) is 3.03. The van der Waals surface area contributed by atoms with Gasteiger partial charge in [0.25, 0.3) is 0 Å². The number of anilines is 2. The number of halogens is 3. The molecule has 0 saturated carbocycles. The van der Waals surface area contributed by atoms with Gasteiger partial charge in [-0.25, -0.2) is 14.7 Å². The normalized spacial score (nSPS) is 11.8. The quantitative estimate of drug-likeness (QED) is 0.686. The number of hydrogen-bond donors (Lipinski definition) is 2. The second-order valence-corrected chi connectivity index (χ2v) is 6.22. The Hall–Kier alpha value is -3.37.